The maximum atomic E-state index is 6.20. The van der Waals surface area contributed by atoms with Gasteiger partial charge in [0, 0.05) is 54.5 Å². The van der Waals surface area contributed by atoms with Crippen LogP contribution in [-0.2, 0) is 11.3 Å². The number of halogens is 1. The van der Waals surface area contributed by atoms with Crippen molar-refractivity contribution in [3.05, 3.63) is 82.4 Å². The maximum Gasteiger partial charge on any atom is 0.174 e. The van der Waals surface area contributed by atoms with Crippen molar-refractivity contribution in [2.75, 3.05) is 37.7 Å². The van der Waals surface area contributed by atoms with Crippen molar-refractivity contribution in [3.8, 4) is 0 Å². The van der Waals surface area contributed by atoms with Crippen molar-refractivity contribution in [3.63, 3.8) is 0 Å². The molecule has 184 valence electrons. The van der Waals surface area contributed by atoms with Crippen LogP contribution < -0.4 is 10.2 Å². The lowest BCUT2D eigenvalue weighted by Gasteiger charge is -2.28. The zero-order valence-electron chi connectivity index (χ0n) is 20.3. The Morgan fingerprint density at radius 3 is 2.57 bits per heavy atom. The summed E-state index contributed by atoms with van der Waals surface area (Å²) in [5.74, 6) is 0. The van der Waals surface area contributed by atoms with Crippen LogP contribution in [0.5, 0.6) is 0 Å². The highest BCUT2D eigenvalue weighted by molar-refractivity contribution is 7.80. The number of anilines is 1. The number of morpholine rings is 1. The van der Waals surface area contributed by atoms with Crippen LogP contribution in [0, 0.1) is 13.8 Å². The summed E-state index contributed by atoms with van der Waals surface area (Å²) in [6.07, 6.45) is 2.96. The van der Waals surface area contributed by atoms with Gasteiger partial charge in [-0.25, -0.2) is 0 Å². The fraction of sp³-hybridized carbons (Fsp3) is 0.407. The fourth-order valence-electron chi connectivity index (χ4n) is 5.30. The summed E-state index contributed by atoms with van der Waals surface area (Å²) in [6.45, 7) is 10.3. The molecule has 2 aliphatic rings. The molecule has 0 aliphatic carbocycles. The van der Waals surface area contributed by atoms with E-state index >= 15 is 0 Å². The second-order valence-corrected chi connectivity index (χ2v) is 10.1. The SMILES string of the molecule is Cc1cc([C@H]2[C@H](c3ccccn3)NC(=S)N2c2ccc(Cl)cc2)c(C)n1CCCN1CCOCC1. The topological polar surface area (TPSA) is 45.6 Å². The minimum Gasteiger partial charge on any atom is -0.379 e. The van der Waals surface area contributed by atoms with Gasteiger partial charge in [0.05, 0.1) is 31.0 Å². The van der Waals surface area contributed by atoms with Crippen LogP contribution in [0.4, 0.5) is 5.69 Å². The van der Waals surface area contributed by atoms with Crippen LogP contribution in [0.3, 0.4) is 0 Å². The van der Waals surface area contributed by atoms with E-state index in [9.17, 15) is 0 Å². The summed E-state index contributed by atoms with van der Waals surface area (Å²) in [5, 5.41) is 4.97. The molecule has 2 aromatic heterocycles. The van der Waals surface area contributed by atoms with Gasteiger partial charge in [-0.2, -0.15) is 0 Å². The van der Waals surface area contributed by atoms with Gasteiger partial charge in [0.25, 0.3) is 0 Å². The number of hydrogen-bond acceptors (Lipinski definition) is 4. The normalized spacial score (nSPS) is 20.9. The Morgan fingerprint density at radius 2 is 1.86 bits per heavy atom. The monoisotopic (exact) mass is 509 g/mol. The highest BCUT2D eigenvalue weighted by Crippen LogP contribution is 2.43. The van der Waals surface area contributed by atoms with E-state index in [-0.39, 0.29) is 12.1 Å². The molecule has 2 aliphatic heterocycles. The van der Waals surface area contributed by atoms with E-state index in [1.165, 1.54) is 17.0 Å². The van der Waals surface area contributed by atoms with Crippen LogP contribution in [0.1, 0.15) is 41.1 Å². The van der Waals surface area contributed by atoms with Gasteiger partial charge in [0.15, 0.2) is 5.11 Å². The third-order valence-electron chi connectivity index (χ3n) is 7.09. The lowest BCUT2D eigenvalue weighted by Crippen LogP contribution is -2.37. The third-order valence-corrected chi connectivity index (χ3v) is 7.66. The number of nitrogens with one attached hydrogen (secondary N) is 1. The van der Waals surface area contributed by atoms with E-state index in [4.69, 9.17) is 28.6 Å². The summed E-state index contributed by atoms with van der Waals surface area (Å²) < 4.78 is 7.94. The Morgan fingerprint density at radius 1 is 1.09 bits per heavy atom. The first-order chi connectivity index (χ1) is 17.0. The molecular weight excluding hydrogens is 478 g/mol. The predicted octanol–water partition coefficient (Wildman–Crippen LogP) is 5.05. The minimum absolute atomic E-state index is 0.0160. The predicted molar refractivity (Wildman–Crippen MR) is 145 cm³/mol. The Balaban J connectivity index is 1.46. The summed E-state index contributed by atoms with van der Waals surface area (Å²) in [6, 6.07) is 16.2. The second-order valence-electron chi connectivity index (χ2n) is 9.26. The number of thiocarbonyl (C=S) groups is 1. The molecule has 2 atom stereocenters. The third kappa shape index (κ3) is 5.09. The Kier molecular flexibility index (Phi) is 7.39. The van der Waals surface area contributed by atoms with Crippen molar-refractivity contribution in [1.29, 1.82) is 0 Å². The first kappa shape index (κ1) is 24.3. The summed E-state index contributed by atoms with van der Waals surface area (Å²) >= 11 is 12.1. The van der Waals surface area contributed by atoms with E-state index in [1.54, 1.807) is 0 Å². The number of benzene rings is 1. The molecule has 6 nitrogen and oxygen atoms in total. The van der Waals surface area contributed by atoms with Gasteiger partial charge < -0.3 is 19.5 Å². The van der Waals surface area contributed by atoms with Gasteiger partial charge in [-0.15, -0.1) is 0 Å². The number of hydrogen-bond donors (Lipinski definition) is 1. The number of aryl methyl sites for hydroxylation is 1. The van der Waals surface area contributed by atoms with Crippen molar-refractivity contribution in [2.24, 2.45) is 0 Å². The van der Waals surface area contributed by atoms with Gasteiger partial charge in [-0.05, 0) is 80.5 Å². The van der Waals surface area contributed by atoms with E-state index < -0.39 is 0 Å². The summed E-state index contributed by atoms with van der Waals surface area (Å²) in [7, 11) is 0. The Bertz CT molecular complexity index is 1160. The molecule has 5 rings (SSSR count). The van der Waals surface area contributed by atoms with Crippen LogP contribution in [0.25, 0.3) is 0 Å². The average molecular weight is 510 g/mol. The number of nitrogens with zero attached hydrogens (tertiary/aromatic N) is 4. The van der Waals surface area contributed by atoms with E-state index in [2.05, 4.69) is 50.6 Å². The molecule has 35 heavy (non-hydrogen) atoms. The molecule has 4 heterocycles. The van der Waals surface area contributed by atoms with Crippen molar-refractivity contribution in [2.45, 2.75) is 38.9 Å². The van der Waals surface area contributed by atoms with E-state index in [0.717, 1.165) is 57.2 Å². The van der Waals surface area contributed by atoms with E-state index in [0.29, 0.717) is 10.1 Å². The van der Waals surface area contributed by atoms with Gasteiger partial charge in [0.2, 0.25) is 0 Å². The van der Waals surface area contributed by atoms with Gasteiger partial charge in [0.1, 0.15) is 0 Å². The first-order valence-corrected chi connectivity index (χ1v) is 13.0. The molecule has 1 aromatic carbocycles. The molecule has 3 aromatic rings. The standard InChI is InChI=1S/C27H32ClN5OS/c1-19-18-23(20(2)32(19)13-5-12-31-14-16-34-17-15-31)26-25(24-6-3-4-11-29-24)30-27(35)33(26)22-9-7-21(28)8-10-22/h3-4,6-11,18,25-26H,5,12-17H2,1-2H3,(H,30,35)/t25-,26-/m0/s1. The highest BCUT2D eigenvalue weighted by Gasteiger charge is 2.42. The van der Waals surface area contributed by atoms with Gasteiger partial charge in [-0.3, -0.25) is 9.88 Å². The van der Waals surface area contributed by atoms with E-state index in [1.807, 2.05) is 42.6 Å². The summed E-state index contributed by atoms with van der Waals surface area (Å²) in [5.41, 5.74) is 5.82. The van der Waals surface area contributed by atoms with Crippen molar-refractivity contribution in [1.82, 2.24) is 19.8 Å². The number of aromatic nitrogens is 2. The first-order valence-electron chi connectivity index (χ1n) is 12.3. The number of ether oxygens (including phenoxy) is 1. The van der Waals surface area contributed by atoms with Crippen molar-refractivity contribution >= 4 is 34.6 Å². The summed E-state index contributed by atoms with van der Waals surface area (Å²) in [4.78, 5) is 9.39. The zero-order valence-corrected chi connectivity index (χ0v) is 21.9. The van der Waals surface area contributed by atoms with Crippen LogP contribution in [0.2, 0.25) is 5.02 Å². The molecule has 2 saturated heterocycles. The second kappa shape index (κ2) is 10.7. The molecule has 2 fully saturated rings. The van der Waals surface area contributed by atoms with Gasteiger partial charge in [-0.1, -0.05) is 17.7 Å². The highest BCUT2D eigenvalue weighted by atomic mass is 35.5. The van der Waals surface area contributed by atoms with Crippen LogP contribution in [0.15, 0.2) is 54.7 Å². The molecule has 0 saturated carbocycles. The molecule has 1 N–H and O–H groups in total. The lowest BCUT2D eigenvalue weighted by molar-refractivity contribution is 0.0369. The maximum absolute atomic E-state index is 6.20. The minimum atomic E-state index is -0.0540. The van der Waals surface area contributed by atoms with Crippen LogP contribution >= 0.6 is 23.8 Å². The van der Waals surface area contributed by atoms with Crippen molar-refractivity contribution < 1.29 is 4.74 Å². The number of rotatable bonds is 7. The molecule has 0 spiro atoms. The fourth-order valence-corrected chi connectivity index (χ4v) is 5.77. The molecule has 0 bridgehead atoms. The molecular formula is C27H32ClN5OS. The Labute approximate surface area is 217 Å². The smallest absolute Gasteiger partial charge is 0.174 e. The van der Waals surface area contributed by atoms with Crippen LogP contribution in [-0.4, -0.2) is 52.4 Å². The van der Waals surface area contributed by atoms with Gasteiger partial charge >= 0.3 is 0 Å². The number of pyridine rings is 1. The molecule has 0 radical (unpaired) electrons. The zero-order chi connectivity index (χ0) is 24.4. The molecule has 0 amide bonds. The molecule has 8 heteroatoms. The quantitative estimate of drug-likeness (QED) is 0.449. The Hall–Kier alpha value is -2.45. The lowest BCUT2D eigenvalue weighted by atomic mass is 9.96. The largest absolute Gasteiger partial charge is 0.379 e. The average Bonchev–Trinajstić information content (AvgIpc) is 3.36. The molecule has 0 unspecified atom stereocenters.